The van der Waals surface area contributed by atoms with E-state index in [0.29, 0.717) is 41.1 Å². The number of ether oxygens (including phenoxy) is 1. The normalized spacial score (nSPS) is 16.5. The van der Waals surface area contributed by atoms with Gasteiger partial charge in [-0.15, -0.1) is 0 Å². The Labute approximate surface area is 198 Å². The Morgan fingerprint density at radius 2 is 1.97 bits per heavy atom. The molecule has 2 aromatic rings. The summed E-state index contributed by atoms with van der Waals surface area (Å²) >= 11 is 1.28. The minimum Gasteiger partial charge on any atom is -0.458 e. The third-order valence-corrected chi connectivity index (χ3v) is 6.32. The van der Waals surface area contributed by atoms with Crippen molar-refractivity contribution < 1.29 is 14.3 Å². The van der Waals surface area contributed by atoms with Crippen LogP contribution in [0.3, 0.4) is 0 Å². The van der Waals surface area contributed by atoms with Crippen molar-refractivity contribution in [2.45, 2.75) is 33.7 Å². The number of anilines is 1. The number of hydrogen-bond donors (Lipinski definition) is 1. The number of allylic oxidation sites excluding steroid dienone is 3. The van der Waals surface area contributed by atoms with Gasteiger partial charge in [0.1, 0.15) is 16.4 Å². The van der Waals surface area contributed by atoms with Gasteiger partial charge in [-0.25, -0.2) is 4.98 Å². The van der Waals surface area contributed by atoms with Crippen molar-refractivity contribution in [3.05, 3.63) is 53.1 Å². The first-order valence-corrected chi connectivity index (χ1v) is 11.6. The predicted octanol–water partition coefficient (Wildman–Crippen LogP) is 3.83. The molecular formula is C25H28N4O3S. The van der Waals surface area contributed by atoms with E-state index < -0.39 is 5.91 Å². The average Bonchev–Trinajstić information content (AvgIpc) is 3.25. The molecule has 8 heteroatoms. The molecule has 7 nitrogen and oxygen atoms in total. The number of amides is 2. The summed E-state index contributed by atoms with van der Waals surface area (Å²) in [6, 6.07) is 7.45. The summed E-state index contributed by atoms with van der Waals surface area (Å²) in [5.74, 6) is 6.00. The largest absolute Gasteiger partial charge is 0.458 e. The van der Waals surface area contributed by atoms with Crippen LogP contribution >= 0.6 is 11.3 Å². The van der Waals surface area contributed by atoms with Crippen LogP contribution in [-0.4, -0.2) is 47.4 Å². The molecule has 1 aliphatic heterocycles. The molecule has 1 aromatic carbocycles. The zero-order valence-electron chi connectivity index (χ0n) is 19.3. The number of piperazine rings is 1. The standard InChI is InChI=1S/C25H28N4O3S/c1-5-8-19(7-3)32-20-12-10-18(11-13-20)22-23(24(26)31)33-25(27-22)29-15-14-28(16-17(29)4)21(30)9-6-2/h5,7-8,10-13,17H,14-16H2,1-4H3,(H2,26,31)/b8-5-,19-7+/t17-/m0/s1. The summed E-state index contributed by atoms with van der Waals surface area (Å²) in [5.41, 5.74) is 7.01. The molecule has 1 aromatic heterocycles. The Hall–Kier alpha value is -3.57. The molecule has 1 aliphatic rings. The second kappa shape index (κ2) is 10.8. The number of aromatic nitrogens is 1. The second-order valence-corrected chi connectivity index (χ2v) is 8.50. The second-order valence-electron chi connectivity index (χ2n) is 7.52. The van der Waals surface area contributed by atoms with E-state index in [-0.39, 0.29) is 11.9 Å². The molecule has 0 saturated carbocycles. The van der Waals surface area contributed by atoms with Crippen molar-refractivity contribution in [3.8, 4) is 28.8 Å². The van der Waals surface area contributed by atoms with Gasteiger partial charge >= 0.3 is 0 Å². The van der Waals surface area contributed by atoms with Gasteiger partial charge in [-0.1, -0.05) is 23.3 Å². The van der Waals surface area contributed by atoms with E-state index in [1.54, 1.807) is 11.8 Å². The highest BCUT2D eigenvalue weighted by Crippen LogP contribution is 2.35. The lowest BCUT2D eigenvalue weighted by Gasteiger charge is -2.39. The summed E-state index contributed by atoms with van der Waals surface area (Å²) in [6.07, 6.45) is 5.68. The third kappa shape index (κ3) is 5.62. The van der Waals surface area contributed by atoms with Gasteiger partial charge < -0.3 is 20.3 Å². The lowest BCUT2D eigenvalue weighted by atomic mass is 10.1. The van der Waals surface area contributed by atoms with Gasteiger partial charge in [0.2, 0.25) is 0 Å². The molecule has 1 fully saturated rings. The molecule has 1 atom stereocenters. The van der Waals surface area contributed by atoms with Crippen LogP contribution in [0, 0.1) is 11.8 Å². The average molecular weight is 465 g/mol. The van der Waals surface area contributed by atoms with Gasteiger partial charge in [0, 0.05) is 31.2 Å². The highest BCUT2D eigenvalue weighted by atomic mass is 32.1. The van der Waals surface area contributed by atoms with Crippen molar-refractivity contribution in [2.24, 2.45) is 5.73 Å². The number of thiazole rings is 1. The molecule has 0 radical (unpaired) electrons. The molecule has 0 spiro atoms. The maximum absolute atomic E-state index is 12.2. The lowest BCUT2D eigenvalue weighted by Crippen LogP contribution is -2.53. The Morgan fingerprint density at radius 1 is 1.24 bits per heavy atom. The van der Waals surface area contributed by atoms with Crippen LogP contribution in [0.15, 0.2) is 48.3 Å². The van der Waals surface area contributed by atoms with E-state index in [4.69, 9.17) is 15.5 Å². The van der Waals surface area contributed by atoms with E-state index in [0.717, 1.165) is 11.3 Å². The highest BCUT2D eigenvalue weighted by molar-refractivity contribution is 7.18. The van der Waals surface area contributed by atoms with Crippen molar-refractivity contribution in [1.82, 2.24) is 9.88 Å². The van der Waals surface area contributed by atoms with E-state index in [2.05, 4.69) is 16.7 Å². The molecule has 0 bridgehead atoms. The molecule has 0 unspecified atom stereocenters. The van der Waals surface area contributed by atoms with Gasteiger partial charge in [0.05, 0.1) is 5.69 Å². The Balaban J connectivity index is 1.83. The maximum Gasteiger partial charge on any atom is 0.298 e. The van der Waals surface area contributed by atoms with Crippen molar-refractivity contribution in [2.75, 3.05) is 24.5 Å². The molecule has 3 rings (SSSR count). The molecule has 2 heterocycles. The van der Waals surface area contributed by atoms with Crippen LogP contribution in [0.1, 0.15) is 37.4 Å². The first kappa shape index (κ1) is 24.1. The zero-order valence-corrected chi connectivity index (χ0v) is 20.1. The number of hydrogen-bond acceptors (Lipinski definition) is 6. The summed E-state index contributed by atoms with van der Waals surface area (Å²) in [4.78, 5) is 33.3. The van der Waals surface area contributed by atoms with Gasteiger partial charge in [-0.2, -0.15) is 0 Å². The first-order chi connectivity index (χ1) is 15.9. The predicted molar refractivity (Wildman–Crippen MR) is 132 cm³/mol. The Bertz CT molecular complexity index is 1140. The minimum atomic E-state index is -0.516. The molecular weight excluding hydrogens is 436 g/mol. The fraction of sp³-hybridized carbons (Fsp3) is 0.320. The van der Waals surface area contributed by atoms with Gasteiger partial charge in [0.15, 0.2) is 5.13 Å². The number of benzene rings is 1. The number of carbonyl (C=O) groups excluding carboxylic acids is 2. The SMILES string of the molecule is CC#CC(=O)N1CCN(c2nc(-c3ccc(OC(/C=C\C)=C/C)cc3)c(C(N)=O)s2)[C@@H](C)C1. The fourth-order valence-electron chi connectivity index (χ4n) is 3.58. The molecule has 2 amide bonds. The van der Waals surface area contributed by atoms with Crippen molar-refractivity contribution >= 4 is 28.3 Å². The molecule has 33 heavy (non-hydrogen) atoms. The van der Waals surface area contributed by atoms with Gasteiger partial charge in [-0.3, -0.25) is 9.59 Å². The van der Waals surface area contributed by atoms with Crippen LogP contribution in [0.4, 0.5) is 5.13 Å². The van der Waals surface area contributed by atoms with Crippen LogP contribution in [0.2, 0.25) is 0 Å². The lowest BCUT2D eigenvalue weighted by molar-refractivity contribution is -0.125. The third-order valence-electron chi connectivity index (χ3n) is 5.21. The molecule has 172 valence electrons. The van der Waals surface area contributed by atoms with E-state index in [1.807, 2.05) is 63.3 Å². The zero-order chi connectivity index (χ0) is 24.0. The van der Waals surface area contributed by atoms with Crippen LogP contribution < -0.4 is 15.4 Å². The topological polar surface area (TPSA) is 88.8 Å². The van der Waals surface area contributed by atoms with E-state index >= 15 is 0 Å². The van der Waals surface area contributed by atoms with Crippen molar-refractivity contribution in [3.63, 3.8) is 0 Å². The maximum atomic E-state index is 12.2. The first-order valence-electron chi connectivity index (χ1n) is 10.7. The number of nitrogens with two attached hydrogens (primary N) is 1. The smallest absolute Gasteiger partial charge is 0.298 e. The minimum absolute atomic E-state index is 0.0303. The van der Waals surface area contributed by atoms with Crippen molar-refractivity contribution in [1.29, 1.82) is 0 Å². The molecule has 2 N–H and O–H groups in total. The highest BCUT2D eigenvalue weighted by Gasteiger charge is 2.29. The Kier molecular flexibility index (Phi) is 7.91. The summed E-state index contributed by atoms with van der Waals surface area (Å²) in [5, 5.41) is 0.713. The summed E-state index contributed by atoms with van der Waals surface area (Å²) in [6.45, 7) is 9.21. The van der Waals surface area contributed by atoms with E-state index in [9.17, 15) is 9.59 Å². The van der Waals surface area contributed by atoms with Gasteiger partial charge in [-0.05, 0) is 70.0 Å². The van der Waals surface area contributed by atoms with E-state index in [1.165, 1.54) is 11.3 Å². The molecule has 1 saturated heterocycles. The molecule has 0 aliphatic carbocycles. The quantitative estimate of drug-likeness (QED) is 0.399. The summed E-state index contributed by atoms with van der Waals surface area (Å²) in [7, 11) is 0. The summed E-state index contributed by atoms with van der Waals surface area (Å²) < 4.78 is 5.85. The fourth-order valence-corrected chi connectivity index (χ4v) is 4.65. The van der Waals surface area contributed by atoms with Crippen LogP contribution in [0.25, 0.3) is 11.3 Å². The number of nitrogens with zero attached hydrogens (tertiary/aromatic N) is 3. The number of rotatable bonds is 6. The number of carbonyl (C=O) groups is 2. The Morgan fingerprint density at radius 3 is 2.55 bits per heavy atom. The van der Waals surface area contributed by atoms with Crippen LogP contribution in [0.5, 0.6) is 5.75 Å². The van der Waals surface area contributed by atoms with Crippen LogP contribution in [-0.2, 0) is 4.79 Å². The number of primary amides is 1. The monoisotopic (exact) mass is 464 g/mol. The van der Waals surface area contributed by atoms with Gasteiger partial charge in [0.25, 0.3) is 11.8 Å².